The SMILES string of the molecule is c1ccc(-c2cc(-c3ccccc3)cc(-n3c4ccccc4c4cc(-c5ccc6c(c5)c5cc7c(cc5n6-c5ccccc5)sc5ccccc57)ccc43)c2)cc1. The summed E-state index contributed by atoms with van der Waals surface area (Å²) >= 11 is 1.88. The van der Waals surface area contributed by atoms with Gasteiger partial charge in [0, 0.05) is 53.1 Å². The van der Waals surface area contributed by atoms with Gasteiger partial charge in [0.2, 0.25) is 0 Å². The van der Waals surface area contributed by atoms with Crippen LogP contribution in [0.2, 0.25) is 0 Å². The molecule has 3 heterocycles. The van der Waals surface area contributed by atoms with Crippen molar-refractivity contribution in [1.82, 2.24) is 9.13 Å². The number of nitrogens with zero attached hydrogens (tertiary/aromatic N) is 2. The lowest BCUT2D eigenvalue weighted by molar-refractivity contribution is 1.18. The lowest BCUT2D eigenvalue weighted by Crippen LogP contribution is -1.96. The van der Waals surface area contributed by atoms with Crippen LogP contribution >= 0.6 is 11.3 Å². The number of para-hydroxylation sites is 2. The minimum absolute atomic E-state index is 1.15. The molecule has 0 saturated heterocycles. The zero-order valence-electron chi connectivity index (χ0n) is 30.9. The Morgan fingerprint density at radius 1 is 0.246 bits per heavy atom. The van der Waals surface area contributed by atoms with E-state index < -0.39 is 0 Å². The summed E-state index contributed by atoms with van der Waals surface area (Å²) in [6.07, 6.45) is 0. The fourth-order valence-electron chi connectivity index (χ4n) is 9.04. The predicted octanol–water partition coefficient (Wildman–Crippen LogP) is 15.2. The average molecular weight is 743 g/mol. The Morgan fingerprint density at radius 3 is 1.42 bits per heavy atom. The molecule has 0 bridgehead atoms. The Kier molecular flexibility index (Phi) is 7.13. The Hall–Kier alpha value is -7.20. The molecule has 0 atom stereocenters. The van der Waals surface area contributed by atoms with Crippen LogP contribution in [-0.2, 0) is 0 Å². The molecule has 3 aromatic heterocycles. The van der Waals surface area contributed by atoms with E-state index >= 15 is 0 Å². The highest BCUT2D eigenvalue weighted by molar-refractivity contribution is 7.25. The maximum atomic E-state index is 2.44. The van der Waals surface area contributed by atoms with Crippen molar-refractivity contribution in [3.8, 4) is 44.8 Å². The number of hydrogen-bond donors (Lipinski definition) is 0. The zero-order chi connectivity index (χ0) is 37.5. The zero-order valence-corrected chi connectivity index (χ0v) is 31.7. The molecule has 0 saturated carbocycles. The topological polar surface area (TPSA) is 9.86 Å². The molecule has 0 fully saturated rings. The van der Waals surface area contributed by atoms with Crippen LogP contribution in [0.3, 0.4) is 0 Å². The molecule has 9 aromatic carbocycles. The molecule has 266 valence electrons. The van der Waals surface area contributed by atoms with E-state index in [1.807, 2.05) is 11.3 Å². The summed E-state index contributed by atoms with van der Waals surface area (Å²) in [4.78, 5) is 0. The molecule has 12 aromatic rings. The van der Waals surface area contributed by atoms with E-state index in [4.69, 9.17) is 0 Å². The highest BCUT2D eigenvalue weighted by Gasteiger charge is 2.19. The van der Waals surface area contributed by atoms with Crippen molar-refractivity contribution in [2.45, 2.75) is 0 Å². The summed E-state index contributed by atoms with van der Waals surface area (Å²) in [5.41, 5.74) is 14.4. The molecule has 2 nitrogen and oxygen atoms in total. The van der Waals surface area contributed by atoms with Gasteiger partial charge in [-0.25, -0.2) is 0 Å². The molecular weight excluding hydrogens is 709 g/mol. The molecule has 57 heavy (non-hydrogen) atoms. The van der Waals surface area contributed by atoms with Crippen LogP contribution in [0.15, 0.2) is 206 Å². The van der Waals surface area contributed by atoms with E-state index in [1.54, 1.807) is 0 Å². The van der Waals surface area contributed by atoms with Gasteiger partial charge in [-0.1, -0.05) is 127 Å². The lowest BCUT2D eigenvalue weighted by atomic mass is 9.98. The molecule has 0 spiro atoms. The number of thiophene rings is 1. The molecule has 0 amide bonds. The molecule has 0 aliphatic heterocycles. The smallest absolute Gasteiger partial charge is 0.0555 e. The van der Waals surface area contributed by atoms with E-state index in [9.17, 15) is 0 Å². The van der Waals surface area contributed by atoms with E-state index in [2.05, 4.69) is 215 Å². The maximum absolute atomic E-state index is 2.44. The van der Waals surface area contributed by atoms with E-state index in [-0.39, 0.29) is 0 Å². The van der Waals surface area contributed by atoms with Crippen molar-refractivity contribution in [1.29, 1.82) is 0 Å². The van der Waals surface area contributed by atoms with Crippen molar-refractivity contribution >= 4 is 75.1 Å². The second kappa shape index (κ2) is 12.7. The minimum atomic E-state index is 1.15. The van der Waals surface area contributed by atoms with Gasteiger partial charge < -0.3 is 9.13 Å². The summed E-state index contributed by atoms with van der Waals surface area (Å²) in [6, 6.07) is 75.7. The Labute approximate surface area is 333 Å². The number of rotatable bonds is 5. The Balaban J connectivity index is 1.07. The van der Waals surface area contributed by atoms with Gasteiger partial charge in [0.05, 0.1) is 22.1 Å². The summed E-state index contributed by atoms with van der Waals surface area (Å²) in [7, 11) is 0. The first kappa shape index (κ1) is 32.1. The van der Waals surface area contributed by atoms with Crippen molar-refractivity contribution < 1.29 is 0 Å². The second-order valence-electron chi connectivity index (χ2n) is 15.0. The number of benzene rings is 9. The second-order valence-corrected chi connectivity index (χ2v) is 16.0. The quantitative estimate of drug-likeness (QED) is 0.166. The number of fused-ring (bicyclic) bond motifs is 9. The highest BCUT2D eigenvalue weighted by atomic mass is 32.1. The van der Waals surface area contributed by atoms with Crippen LogP contribution in [0.1, 0.15) is 0 Å². The molecule has 0 unspecified atom stereocenters. The molecule has 3 heteroatoms. The monoisotopic (exact) mass is 742 g/mol. The fraction of sp³-hybridized carbons (Fsp3) is 0. The maximum Gasteiger partial charge on any atom is 0.0555 e. The standard InChI is InChI=1S/C54H34N2S/c1-4-14-35(15-5-1)39-28-40(36-16-6-2-7-17-36)30-42(29-39)56-49-22-12-10-20-43(49)45-31-37(24-26-50(45)56)38-25-27-51-46(32-38)47-33-48-44-21-11-13-23-53(44)57-54(48)34-52(47)55(51)41-18-8-3-9-19-41/h1-34H. The number of hydrogen-bond acceptors (Lipinski definition) is 1. The van der Waals surface area contributed by atoms with Crippen LogP contribution in [0.4, 0.5) is 0 Å². The van der Waals surface area contributed by atoms with Crippen molar-refractivity contribution in [2.75, 3.05) is 0 Å². The van der Waals surface area contributed by atoms with Crippen LogP contribution in [0.25, 0.3) is 109 Å². The third-order valence-electron chi connectivity index (χ3n) is 11.7. The third-order valence-corrected chi connectivity index (χ3v) is 12.8. The summed E-state index contributed by atoms with van der Waals surface area (Å²) < 4.78 is 7.52. The Morgan fingerprint density at radius 2 is 0.754 bits per heavy atom. The van der Waals surface area contributed by atoms with Gasteiger partial charge in [0.25, 0.3) is 0 Å². The van der Waals surface area contributed by atoms with Gasteiger partial charge in [-0.2, -0.15) is 0 Å². The van der Waals surface area contributed by atoms with Crippen molar-refractivity contribution in [3.05, 3.63) is 206 Å². The van der Waals surface area contributed by atoms with Gasteiger partial charge in [-0.3, -0.25) is 0 Å². The van der Waals surface area contributed by atoms with E-state index in [0.29, 0.717) is 0 Å². The highest BCUT2D eigenvalue weighted by Crippen LogP contribution is 2.43. The normalized spacial score (nSPS) is 11.9. The van der Waals surface area contributed by atoms with Crippen LogP contribution in [0.5, 0.6) is 0 Å². The van der Waals surface area contributed by atoms with Crippen LogP contribution < -0.4 is 0 Å². The first-order valence-electron chi connectivity index (χ1n) is 19.5. The first-order chi connectivity index (χ1) is 28.2. The molecule has 0 aliphatic rings. The average Bonchev–Trinajstić information content (AvgIpc) is 3.93. The van der Waals surface area contributed by atoms with Gasteiger partial charge in [0.1, 0.15) is 0 Å². The van der Waals surface area contributed by atoms with Crippen molar-refractivity contribution in [3.63, 3.8) is 0 Å². The van der Waals surface area contributed by atoms with Gasteiger partial charge in [-0.05, 0) is 112 Å². The predicted molar refractivity (Wildman–Crippen MR) is 244 cm³/mol. The molecule has 12 rings (SSSR count). The summed E-state index contributed by atoms with van der Waals surface area (Å²) in [5.74, 6) is 0. The first-order valence-corrected chi connectivity index (χ1v) is 20.3. The number of aromatic nitrogens is 2. The van der Waals surface area contributed by atoms with Gasteiger partial charge >= 0.3 is 0 Å². The van der Waals surface area contributed by atoms with Gasteiger partial charge in [0.15, 0.2) is 0 Å². The van der Waals surface area contributed by atoms with Crippen LogP contribution in [0, 0.1) is 0 Å². The van der Waals surface area contributed by atoms with Crippen LogP contribution in [-0.4, -0.2) is 9.13 Å². The third kappa shape index (κ3) is 5.10. The molecule has 0 N–H and O–H groups in total. The Bertz CT molecular complexity index is 3440. The van der Waals surface area contributed by atoms with E-state index in [0.717, 1.165) is 5.69 Å². The van der Waals surface area contributed by atoms with Crippen molar-refractivity contribution in [2.24, 2.45) is 0 Å². The largest absolute Gasteiger partial charge is 0.309 e. The summed E-state index contributed by atoms with van der Waals surface area (Å²) in [5, 5.41) is 7.67. The van der Waals surface area contributed by atoms with Gasteiger partial charge in [-0.15, -0.1) is 11.3 Å². The molecule has 0 aliphatic carbocycles. The fourth-order valence-corrected chi connectivity index (χ4v) is 10.2. The lowest BCUT2D eigenvalue weighted by Gasteiger charge is -2.14. The van der Waals surface area contributed by atoms with E-state index in [1.165, 1.54) is 103 Å². The minimum Gasteiger partial charge on any atom is -0.309 e. The molecular formula is C54H34N2S. The summed E-state index contributed by atoms with van der Waals surface area (Å²) in [6.45, 7) is 0. The molecule has 0 radical (unpaired) electrons.